The van der Waals surface area contributed by atoms with Gasteiger partial charge in [0.25, 0.3) is 0 Å². The average molecular weight is 268 g/mol. The molecule has 0 atom stereocenters. The van der Waals surface area contributed by atoms with Gasteiger partial charge in [-0.2, -0.15) is 0 Å². The number of nitrogens with one attached hydrogen (secondary N) is 1. The Morgan fingerprint density at radius 2 is 1.68 bits per heavy atom. The lowest BCUT2D eigenvalue weighted by Gasteiger charge is -2.25. The second-order valence-electron chi connectivity index (χ2n) is 4.67. The highest BCUT2D eigenvalue weighted by Crippen LogP contribution is 2.13. The van der Waals surface area contributed by atoms with Crippen LogP contribution in [0, 0.1) is 17.0 Å². The number of benzene rings is 1. The fourth-order valence-electron chi connectivity index (χ4n) is 1.89. The van der Waals surface area contributed by atoms with Crippen molar-refractivity contribution in [2.24, 2.45) is 0 Å². The Balaban J connectivity index is 2.84. The first-order valence-electron chi connectivity index (χ1n) is 6.89. The Labute approximate surface area is 113 Å². The summed E-state index contributed by atoms with van der Waals surface area (Å²) in [6.45, 7) is 5.65. The van der Waals surface area contributed by atoms with Crippen LogP contribution in [0.1, 0.15) is 45.1 Å². The Bertz CT molecular complexity index is 411. The maximum Gasteiger partial charge on any atom is 0.137 e. The Morgan fingerprint density at radius 3 is 2.16 bits per heavy atom. The molecule has 1 rings (SSSR count). The van der Waals surface area contributed by atoms with E-state index in [1.165, 1.54) is 12.1 Å². The summed E-state index contributed by atoms with van der Waals surface area (Å²) < 4.78 is 26.6. The van der Waals surface area contributed by atoms with E-state index in [-0.39, 0.29) is 11.4 Å². The summed E-state index contributed by atoms with van der Waals surface area (Å²) in [5.74, 6) is -1.12. The molecule has 1 aromatic rings. The van der Waals surface area contributed by atoms with E-state index >= 15 is 0 Å². The predicted octanol–water partition coefficient (Wildman–Crippen LogP) is 4.19. The van der Waals surface area contributed by atoms with Crippen molar-refractivity contribution in [3.8, 4) is 0 Å². The standard InChI is InChI=1S/C15H22F2N2/c1-3-5-9-19(10-6-4-2)15(18)13-8-7-12(16)11-14(13)17/h7-8,11,18H,3-6,9-10H2,1-2H3. The summed E-state index contributed by atoms with van der Waals surface area (Å²) in [6, 6.07) is 3.38. The number of halogens is 2. The summed E-state index contributed by atoms with van der Waals surface area (Å²) in [6.07, 6.45) is 3.99. The molecule has 0 aromatic heterocycles. The highest BCUT2D eigenvalue weighted by Gasteiger charge is 2.15. The van der Waals surface area contributed by atoms with Gasteiger partial charge in [-0.3, -0.25) is 5.41 Å². The van der Waals surface area contributed by atoms with E-state index < -0.39 is 11.6 Å². The molecule has 0 heterocycles. The molecular weight excluding hydrogens is 246 g/mol. The molecular formula is C15H22F2N2. The van der Waals surface area contributed by atoms with Crippen molar-refractivity contribution in [1.29, 1.82) is 5.41 Å². The fourth-order valence-corrected chi connectivity index (χ4v) is 1.89. The zero-order valence-electron chi connectivity index (χ0n) is 11.7. The summed E-state index contributed by atoms with van der Waals surface area (Å²) in [4.78, 5) is 1.88. The lowest BCUT2D eigenvalue weighted by molar-refractivity contribution is 0.395. The highest BCUT2D eigenvalue weighted by atomic mass is 19.1. The van der Waals surface area contributed by atoms with E-state index in [4.69, 9.17) is 5.41 Å². The minimum absolute atomic E-state index is 0.152. The molecule has 19 heavy (non-hydrogen) atoms. The molecule has 0 aliphatic rings. The van der Waals surface area contributed by atoms with Crippen molar-refractivity contribution in [2.45, 2.75) is 39.5 Å². The van der Waals surface area contributed by atoms with Gasteiger partial charge in [0.15, 0.2) is 0 Å². The highest BCUT2D eigenvalue weighted by molar-refractivity contribution is 5.96. The van der Waals surface area contributed by atoms with E-state index in [0.29, 0.717) is 0 Å². The fraction of sp³-hybridized carbons (Fsp3) is 0.533. The zero-order chi connectivity index (χ0) is 14.3. The minimum Gasteiger partial charge on any atom is -0.357 e. The number of amidine groups is 1. The SMILES string of the molecule is CCCCN(CCCC)C(=N)c1ccc(F)cc1F. The van der Waals surface area contributed by atoms with Crippen LogP contribution < -0.4 is 0 Å². The van der Waals surface area contributed by atoms with Gasteiger partial charge in [-0.05, 0) is 25.0 Å². The number of hydrogen-bond acceptors (Lipinski definition) is 1. The van der Waals surface area contributed by atoms with E-state index in [1.54, 1.807) is 0 Å². The molecule has 0 saturated carbocycles. The Kier molecular flexibility index (Phi) is 6.46. The Morgan fingerprint density at radius 1 is 1.11 bits per heavy atom. The van der Waals surface area contributed by atoms with Crippen LogP contribution in [-0.4, -0.2) is 23.8 Å². The normalized spacial score (nSPS) is 10.5. The number of nitrogens with zero attached hydrogens (tertiary/aromatic N) is 1. The second-order valence-corrected chi connectivity index (χ2v) is 4.67. The van der Waals surface area contributed by atoms with Crippen LogP contribution in [0.25, 0.3) is 0 Å². The molecule has 0 radical (unpaired) electrons. The summed E-state index contributed by atoms with van der Waals surface area (Å²) in [7, 11) is 0. The molecule has 2 nitrogen and oxygen atoms in total. The topological polar surface area (TPSA) is 27.1 Å². The second kappa shape index (κ2) is 7.87. The third-order valence-electron chi connectivity index (χ3n) is 3.07. The molecule has 0 fully saturated rings. The lowest BCUT2D eigenvalue weighted by Crippen LogP contribution is -2.33. The molecule has 1 N–H and O–H groups in total. The Hall–Kier alpha value is -1.45. The molecule has 0 amide bonds. The van der Waals surface area contributed by atoms with Crippen LogP contribution in [0.2, 0.25) is 0 Å². The number of hydrogen-bond donors (Lipinski definition) is 1. The molecule has 0 aliphatic carbocycles. The van der Waals surface area contributed by atoms with Crippen LogP contribution >= 0.6 is 0 Å². The van der Waals surface area contributed by atoms with Gasteiger partial charge in [-0.25, -0.2) is 8.78 Å². The molecule has 0 spiro atoms. The van der Waals surface area contributed by atoms with E-state index in [9.17, 15) is 8.78 Å². The first-order valence-corrected chi connectivity index (χ1v) is 6.89. The largest absolute Gasteiger partial charge is 0.357 e. The summed E-state index contributed by atoms with van der Waals surface area (Å²) >= 11 is 0. The maximum absolute atomic E-state index is 13.7. The van der Waals surface area contributed by atoms with Crippen LogP contribution in [0.5, 0.6) is 0 Å². The summed E-state index contributed by atoms with van der Waals surface area (Å²) in [5.41, 5.74) is 0.175. The van der Waals surface area contributed by atoms with Gasteiger partial charge in [0.05, 0.1) is 5.56 Å². The molecule has 0 bridgehead atoms. The quantitative estimate of drug-likeness (QED) is 0.582. The van der Waals surface area contributed by atoms with Gasteiger partial charge in [0, 0.05) is 19.2 Å². The van der Waals surface area contributed by atoms with Crippen molar-refractivity contribution in [2.75, 3.05) is 13.1 Å². The number of unbranched alkanes of at least 4 members (excludes halogenated alkanes) is 2. The molecule has 0 aliphatic heterocycles. The van der Waals surface area contributed by atoms with E-state index in [2.05, 4.69) is 13.8 Å². The zero-order valence-corrected chi connectivity index (χ0v) is 11.7. The third kappa shape index (κ3) is 4.62. The van der Waals surface area contributed by atoms with E-state index in [0.717, 1.165) is 44.8 Å². The van der Waals surface area contributed by atoms with Crippen molar-refractivity contribution in [3.63, 3.8) is 0 Å². The average Bonchev–Trinajstić information content (AvgIpc) is 2.38. The van der Waals surface area contributed by atoms with Crippen LogP contribution in [0.4, 0.5) is 8.78 Å². The van der Waals surface area contributed by atoms with Crippen LogP contribution in [0.3, 0.4) is 0 Å². The van der Waals surface area contributed by atoms with Gasteiger partial charge >= 0.3 is 0 Å². The van der Waals surface area contributed by atoms with Gasteiger partial charge in [0.1, 0.15) is 17.5 Å². The van der Waals surface area contributed by atoms with Crippen LogP contribution in [-0.2, 0) is 0 Å². The van der Waals surface area contributed by atoms with Gasteiger partial charge in [0.2, 0.25) is 0 Å². The molecule has 0 saturated heterocycles. The van der Waals surface area contributed by atoms with Gasteiger partial charge in [-0.15, -0.1) is 0 Å². The first-order chi connectivity index (χ1) is 9.10. The molecule has 0 unspecified atom stereocenters. The van der Waals surface area contributed by atoms with Gasteiger partial charge < -0.3 is 4.90 Å². The maximum atomic E-state index is 13.7. The van der Waals surface area contributed by atoms with Crippen molar-refractivity contribution < 1.29 is 8.78 Å². The summed E-state index contributed by atoms with van der Waals surface area (Å²) in [5, 5.41) is 8.12. The van der Waals surface area contributed by atoms with Crippen molar-refractivity contribution in [1.82, 2.24) is 4.90 Å². The molecule has 106 valence electrons. The van der Waals surface area contributed by atoms with E-state index in [1.807, 2.05) is 4.90 Å². The first kappa shape index (κ1) is 15.6. The van der Waals surface area contributed by atoms with Gasteiger partial charge in [-0.1, -0.05) is 26.7 Å². The van der Waals surface area contributed by atoms with Crippen molar-refractivity contribution in [3.05, 3.63) is 35.4 Å². The van der Waals surface area contributed by atoms with Crippen LogP contribution in [0.15, 0.2) is 18.2 Å². The molecule has 4 heteroatoms. The number of rotatable bonds is 7. The smallest absolute Gasteiger partial charge is 0.137 e. The third-order valence-corrected chi connectivity index (χ3v) is 3.07. The minimum atomic E-state index is -0.664. The monoisotopic (exact) mass is 268 g/mol. The van der Waals surface area contributed by atoms with Crippen molar-refractivity contribution >= 4 is 5.84 Å². The molecule has 1 aromatic carbocycles. The predicted molar refractivity (Wildman–Crippen MR) is 74.6 cm³/mol. The lowest BCUT2D eigenvalue weighted by atomic mass is 10.1.